The van der Waals surface area contributed by atoms with Crippen molar-refractivity contribution in [3.8, 4) is 0 Å². The van der Waals surface area contributed by atoms with Crippen molar-refractivity contribution in [1.82, 2.24) is 9.62 Å². The molecule has 0 bridgehead atoms. The number of rotatable bonds is 7. The van der Waals surface area contributed by atoms with Gasteiger partial charge in [0.2, 0.25) is 15.9 Å². The molecule has 1 N–H and O–H groups in total. The largest absolute Gasteiger partial charge is 0.349 e. The molecule has 2 aromatic carbocycles. The lowest BCUT2D eigenvalue weighted by molar-refractivity contribution is -0.126. The first-order valence-corrected chi connectivity index (χ1v) is 14.0. The van der Waals surface area contributed by atoms with Crippen LogP contribution in [0.5, 0.6) is 0 Å². The zero-order valence-corrected chi connectivity index (χ0v) is 20.8. The number of fused-ring (bicyclic) bond motifs is 1. The van der Waals surface area contributed by atoms with Gasteiger partial charge in [-0.2, -0.15) is 0 Å². The number of nitrogens with one attached hydrogen (secondary N) is 1. The van der Waals surface area contributed by atoms with E-state index in [0.717, 1.165) is 24.8 Å². The van der Waals surface area contributed by atoms with Crippen molar-refractivity contribution in [2.24, 2.45) is 5.92 Å². The van der Waals surface area contributed by atoms with Crippen LogP contribution in [0.4, 0.5) is 0 Å². The van der Waals surface area contributed by atoms with E-state index in [1.54, 1.807) is 24.3 Å². The Labute approximate surface area is 202 Å². The molecule has 0 spiro atoms. The molecule has 7 heteroatoms. The predicted octanol–water partition coefficient (Wildman–Crippen LogP) is 5.03. The van der Waals surface area contributed by atoms with E-state index in [1.165, 1.54) is 33.8 Å². The molecular formula is C26H33ClN2O3S. The number of hydrogen-bond acceptors (Lipinski definition) is 3. The maximum Gasteiger partial charge on any atom is 0.223 e. The first kappa shape index (κ1) is 24.2. The average molecular weight is 489 g/mol. The topological polar surface area (TPSA) is 66.5 Å². The fraction of sp³-hybridized carbons (Fsp3) is 0.500. The summed E-state index contributed by atoms with van der Waals surface area (Å²) in [5.41, 5.74) is 4.76. The number of nitrogens with zero attached hydrogens (tertiary/aromatic N) is 1. The van der Waals surface area contributed by atoms with Crippen LogP contribution in [0.2, 0.25) is 5.02 Å². The highest BCUT2D eigenvalue weighted by atomic mass is 35.5. The Morgan fingerprint density at radius 3 is 2.39 bits per heavy atom. The average Bonchev–Trinajstić information content (AvgIpc) is 2.83. The van der Waals surface area contributed by atoms with Crippen molar-refractivity contribution < 1.29 is 13.2 Å². The van der Waals surface area contributed by atoms with Gasteiger partial charge in [0.15, 0.2) is 0 Å². The van der Waals surface area contributed by atoms with E-state index in [-0.39, 0.29) is 23.6 Å². The van der Waals surface area contributed by atoms with Gasteiger partial charge in [0.25, 0.3) is 0 Å². The quantitative estimate of drug-likeness (QED) is 0.594. The number of amides is 1. The maximum absolute atomic E-state index is 13.0. The Morgan fingerprint density at radius 2 is 1.73 bits per heavy atom. The summed E-state index contributed by atoms with van der Waals surface area (Å²) < 4.78 is 27.2. The lowest BCUT2D eigenvalue weighted by Gasteiger charge is -2.31. The second-order valence-corrected chi connectivity index (χ2v) is 11.7. The highest BCUT2D eigenvalue weighted by Gasteiger charge is 2.32. The molecule has 178 valence electrons. The van der Waals surface area contributed by atoms with E-state index in [1.807, 2.05) is 0 Å². The summed E-state index contributed by atoms with van der Waals surface area (Å²) in [6.45, 7) is 2.85. The molecule has 1 heterocycles. The number of sulfonamides is 1. The van der Waals surface area contributed by atoms with Gasteiger partial charge in [-0.1, -0.05) is 48.9 Å². The monoisotopic (exact) mass is 488 g/mol. The molecule has 1 unspecified atom stereocenters. The maximum atomic E-state index is 13.0. The van der Waals surface area contributed by atoms with Crippen LogP contribution in [-0.4, -0.2) is 31.7 Å². The highest BCUT2D eigenvalue weighted by Crippen LogP contribution is 2.28. The molecule has 2 aliphatic rings. The zero-order chi connectivity index (χ0) is 23.4. The second kappa shape index (κ2) is 10.6. The van der Waals surface area contributed by atoms with Crippen molar-refractivity contribution in [2.45, 2.75) is 63.7 Å². The van der Waals surface area contributed by atoms with Crippen molar-refractivity contribution in [3.05, 3.63) is 69.7 Å². The fourth-order valence-electron chi connectivity index (χ4n) is 4.96. The molecule has 1 atom stereocenters. The molecule has 1 aliphatic heterocycles. The predicted molar refractivity (Wildman–Crippen MR) is 133 cm³/mol. The second-order valence-electron chi connectivity index (χ2n) is 9.26. The van der Waals surface area contributed by atoms with Gasteiger partial charge in [0.1, 0.15) is 0 Å². The van der Waals surface area contributed by atoms with Crippen molar-refractivity contribution in [1.29, 1.82) is 0 Å². The van der Waals surface area contributed by atoms with Crippen LogP contribution in [0, 0.1) is 5.92 Å². The Hall–Kier alpha value is -1.89. The van der Waals surface area contributed by atoms with Crippen LogP contribution in [0.1, 0.15) is 67.3 Å². The van der Waals surface area contributed by atoms with Gasteiger partial charge in [0.05, 0.1) is 11.8 Å². The molecule has 33 heavy (non-hydrogen) atoms. The molecule has 1 saturated heterocycles. The van der Waals surface area contributed by atoms with Crippen LogP contribution in [0.25, 0.3) is 0 Å². The van der Waals surface area contributed by atoms with Crippen LogP contribution in [-0.2, 0) is 33.4 Å². The van der Waals surface area contributed by atoms with Crippen molar-refractivity contribution >= 4 is 27.5 Å². The van der Waals surface area contributed by atoms with Gasteiger partial charge in [-0.05, 0) is 79.3 Å². The van der Waals surface area contributed by atoms with Gasteiger partial charge in [-0.25, -0.2) is 12.7 Å². The first-order valence-electron chi connectivity index (χ1n) is 12.0. The molecule has 4 rings (SSSR count). The van der Waals surface area contributed by atoms with E-state index in [9.17, 15) is 13.2 Å². The minimum atomic E-state index is -3.42. The number of carbonyl (C=O) groups is 1. The summed E-state index contributed by atoms with van der Waals surface area (Å²) >= 11 is 5.90. The van der Waals surface area contributed by atoms with E-state index in [4.69, 9.17) is 11.6 Å². The normalized spacial score (nSPS) is 18.5. The van der Waals surface area contributed by atoms with E-state index in [2.05, 4.69) is 30.4 Å². The molecule has 2 aromatic rings. The van der Waals surface area contributed by atoms with E-state index >= 15 is 0 Å². The number of piperidine rings is 1. The lowest BCUT2D eigenvalue weighted by atomic mass is 9.88. The summed E-state index contributed by atoms with van der Waals surface area (Å²) in [5, 5.41) is 3.83. The molecule has 1 amide bonds. The number of benzene rings is 2. The molecule has 1 fully saturated rings. The molecule has 5 nitrogen and oxygen atoms in total. The highest BCUT2D eigenvalue weighted by molar-refractivity contribution is 7.88. The van der Waals surface area contributed by atoms with Gasteiger partial charge < -0.3 is 5.32 Å². The Balaban J connectivity index is 1.33. The minimum absolute atomic E-state index is 0.00334. The Bertz CT molecular complexity index is 1080. The van der Waals surface area contributed by atoms with Gasteiger partial charge in [-0.15, -0.1) is 0 Å². The van der Waals surface area contributed by atoms with Crippen LogP contribution in [0.3, 0.4) is 0 Å². The SMILES string of the molecule is CCC(NC(=O)C1CCN(S(=O)(=O)Cc2ccc(Cl)cc2)CC1)c1ccc2c(c1)CCCC2. The van der Waals surface area contributed by atoms with Crippen LogP contribution >= 0.6 is 11.6 Å². The smallest absolute Gasteiger partial charge is 0.223 e. The lowest BCUT2D eigenvalue weighted by Crippen LogP contribution is -2.44. The number of halogens is 1. The van der Waals surface area contributed by atoms with Crippen LogP contribution < -0.4 is 5.32 Å². The van der Waals surface area contributed by atoms with Gasteiger partial charge >= 0.3 is 0 Å². The van der Waals surface area contributed by atoms with Crippen molar-refractivity contribution in [3.63, 3.8) is 0 Å². The van der Waals surface area contributed by atoms with Gasteiger partial charge in [0, 0.05) is 24.0 Å². The number of aryl methyl sites for hydroxylation is 2. The Morgan fingerprint density at radius 1 is 1.06 bits per heavy atom. The third kappa shape index (κ3) is 5.97. The molecule has 1 aliphatic carbocycles. The summed E-state index contributed by atoms with van der Waals surface area (Å²) in [6.07, 6.45) is 6.69. The molecule has 0 saturated carbocycles. The first-order chi connectivity index (χ1) is 15.9. The van der Waals surface area contributed by atoms with Crippen molar-refractivity contribution in [2.75, 3.05) is 13.1 Å². The summed E-state index contributed by atoms with van der Waals surface area (Å²) in [6, 6.07) is 13.5. The third-order valence-electron chi connectivity index (χ3n) is 6.98. The molecular weight excluding hydrogens is 456 g/mol. The van der Waals surface area contributed by atoms with E-state index < -0.39 is 10.0 Å². The minimum Gasteiger partial charge on any atom is -0.349 e. The summed E-state index contributed by atoms with van der Waals surface area (Å²) in [4.78, 5) is 13.0. The zero-order valence-electron chi connectivity index (χ0n) is 19.2. The summed E-state index contributed by atoms with van der Waals surface area (Å²) in [7, 11) is -3.42. The molecule has 0 aromatic heterocycles. The Kier molecular flexibility index (Phi) is 7.77. The molecule has 0 radical (unpaired) electrons. The third-order valence-corrected chi connectivity index (χ3v) is 9.08. The van der Waals surface area contributed by atoms with E-state index in [0.29, 0.717) is 31.0 Å². The fourth-order valence-corrected chi connectivity index (χ4v) is 6.65. The standard InChI is InChI=1S/C26H33ClN2O3S/c1-2-25(23-10-9-20-5-3-4-6-22(20)17-23)28-26(30)21-13-15-29(16-14-21)33(31,32)18-19-7-11-24(27)12-8-19/h7-12,17,21,25H,2-6,13-16,18H2,1H3,(H,28,30). The summed E-state index contributed by atoms with van der Waals surface area (Å²) in [5.74, 6) is -0.162. The van der Waals surface area contributed by atoms with Gasteiger partial charge in [-0.3, -0.25) is 4.79 Å². The number of hydrogen-bond donors (Lipinski definition) is 1. The van der Waals surface area contributed by atoms with Crippen LogP contribution in [0.15, 0.2) is 42.5 Å². The number of carbonyl (C=O) groups excluding carboxylic acids is 1.